The molecule has 1 N–H and O–H groups in total. The van der Waals surface area contributed by atoms with Gasteiger partial charge in [0.05, 0.1) is 12.9 Å². The van der Waals surface area contributed by atoms with Crippen LogP contribution in [0.25, 0.3) is 0 Å². The van der Waals surface area contributed by atoms with Gasteiger partial charge < -0.3 is 4.74 Å². The summed E-state index contributed by atoms with van der Waals surface area (Å²) in [5, 5.41) is 0. The van der Waals surface area contributed by atoms with Crippen molar-refractivity contribution < 1.29 is 13.2 Å². The molecule has 0 aliphatic heterocycles. The average Bonchev–Trinajstić information content (AvgIpc) is 2.58. The second-order valence-electron chi connectivity index (χ2n) is 5.34. The van der Waals surface area contributed by atoms with Gasteiger partial charge in [-0.15, -0.1) is 0 Å². The predicted molar refractivity (Wildman–Crippen MR) is 107 cm³/mol. The minimum absolute atomic E-state index is 0.407. The lowest BCUT2D eigenvalue weighted by molar-refractivity contribution is 0.311. The van der Waals surface area contributed by atoms with Crippen LogP contribution in [0.1, 0.15) is 31.4 Å². The molecule has 0 atom stereocenters. The van der Waals surface area contributed by atoms with Crippen LogP contribution in [-0.4, -0.2) is 27.8 Å². The minimum atomic E-state index is -3.08. The number of hydrogen-bond donors (Lipinski definition) is 1. The van der Waals surface area contributed by atoms with Gasteiger partial charge in [-0.1, -0.05) is 67.4 Å². The Bertz CT molecular complexity index is 653. The lowest BCUT2D eigenvalue weighted by Crippen LogP contribution is -2.24. The van der Waals surface area contributed by atoms with E-state index in [0.717, 1.165) is 12.0 Å². The van der Waals surface area contributed by atoms with Crippen LogP contribution in [0.15, 0.2) is 54.6 Å². The SMILES string of the molecule is CC.Cc1ccc(OCCCNS(C)(=O)=O)cc1.Cc1ccccc1. The molecule has 2 aromatic carbocycles. The molecule has 2 rings (SSSR count). The van der Waals surface area contributed by atoms with E-state index in [0.29, 0.717) is 19.6 Å². The summed E-state index contributed by atoms with van der Waals surface area (Å²) in [5.74, 6) is 0.810. The molecule has 0 bridgehead atoms. The first-order valence-corrected chi connectivity index (χ1v) is 10.4. The predicted octanol–water partition coefficient (Wildman–Crippen LogP) is 4.33. The highest BCUT2D eigenvalue weighted by Gasteiger charge is 1.99. The zero-order chi connectivity index (χ0) is 19.1. The summed E-state index contributed by atoms with van der Waals surface area (Å²) < 4.78 is 29.4. The molecule has 0 spiro atoms. The first kappa shape index (κ1) is 23.1. The fourth-order valence-corrected chi connectivity index (χ4v) is 2.20. The number of ether oxygens (including phenoxy) is 1. The smallest absolute Gasteiger partial charge is 0.208 e. The normalized spacial score (nSPS) is 9.96. The first-order valence-electron chi connectivity index (χ1n) is 8.52. The highest BCUT2D eigenvalue weighted by atomic mass is 32.2. The van der Waals surface area contributed by atoms with E-state index in [1.54, 1.807) is 0 Å². The second kappa shape index (κ2) is 13.4. The van der Waals surface area contributed by atoms with E-state index in [1.165, 1.54) is 11.1 Å². The fourth-order valence-electron chi connectivity index (χ4n) is 1.69. The summed E-state index contributed by atoms with van der Waals surface area (Å²) in [6.45, 7) is 9.01. The Hall–Kier alpha value is -1.85. The molecule has 0 aromatic heterocycles. The summed E-state index contributed by atoms with van der Waals surface area (Å²) in [6.07, 6.45) is 1.80. The third-order valence-electron chi connectivity index (χ3n) is 2.92. The third kappa shape index (κ3) is 14.2. The van der Waals surface area contributed by atoms with Gasteiger partial charge in [0.2, 0.25) is 10.0 Å². The van der Waals surface area contributed by atoms with Gasteiger partial charge in [-0.3, -0.25) is 0 Å². The maximum atomic E-state index is 10.7. The summed E-state index contributed by atoms with van der Waals surface area (Å²) in [6, 6.07) is 18.0. The zero-order valence-electron chi connectivity index (χ0n) is 16.0. The largest absolute Gasteiger partial charge is 0.494 e. The number of hydrogen-bond acceptors (Lipinski definition) is 3. The Morgan fingerprint density at radius 2 is 1.40 bits per heavy atom. The van der Waals surface area contributed by atoms with Crippen LogP contribution in [0, 0.1) is 13.8 Å². The van der Waals surface area contributed by atoms with Crippen LogP contribution < -0.4 is 9.46 Å². The zero-order valence-corrected chi connectivity index (χ0v) is 16.8. The molecule has 0 fully saturated rings. The second-order valence-corrected chi connectivity index (χ2v) is 7.17. The highest BCUT2D eigenvalue weighted by molar-refractivity contribution is 7.88. The quantitative estimate of drug-likeness (QED) is 0.775. The van der Waals surface area contributed by atoms with Crippen LogP contribution >= 0.6 is 0 Å². The Morgan fingerprint density at radius 1 is 0.880 bits per heavy atom. The number of aryl methyl sites for hydroxylation is 2. The van der Waals surface area contributed by atoms with Crippen molar-refractivity contribution in [2.24, 2.45) is 0 Å². The van der Waals surface area contributed by atoms with Crippen molar-refractivity contribution >= 4 is 10.0 Å². The third-order valence-corrected chi connectivity index (χ3v) is 3.64. The van der Waals surface area contributed by atoms with Crippen LogP contribution in [0.3, 0.4) is 0 Å². The molecule has 140 valence electrons. The Labute approximate surface area is 153 Å². The molecule has 0 unspecified atom stereocenters. The Balaban J connectivity index is 0.000000530. The molecule has 0 amide bonds. The van der Waals surface area contributed by atoms with Gasteiger partial charge in [0.1, 0.15) is 5.75 Å². The van der Waals surface area contributed by atoms with Crippen molar-refractivity contribution in [1.29, 1.82) is 0 Å². The van der Waals surface area contributed by atoms with Crippen LogP contribution in [0.2, 0.25) is 0 Å². The highest BCUT2D eigenvalue weighted by Crippen LogP contribution is 2.11. The van der Waals surface area contributed by atoms with Gasteiger partial charge >= 0.3 is 0 Å². The maximum absolute atomic E-state index is 10.7. The first-order chi connectivity index (χ1) is 11.9. The number of benzene rings is 2. The summed E-state index contributed by atoms with van der Waals surface area (Å²) >= 11 is 0. The van der Waals surface area contributed by atoms with Crippen molar-refractivity contribution in [3.63, 3.8) is 0 Å². The monoisotopic (exact) mass is 365 g/mol. The van der Waals surface area contributed by atoms with Crippen LogP contribution in [-0.2, 0) is 10.0 Å². The van der Waals surface area contributed by atoms with Crippen molar-refractivity contribution in [2.45, 2.75) is 34.1 Å². The Morgan fingerprint density at radius 3 is 1.84 bits per heavy atom. The van der Waals surface area contributed by atoms with Gasteiger partial charge in [0, 0.05) is 6.54 Å². The van der Waals surface area contributed by atoms with Gasteiger partial charge in [-0.05, 0) is 32.4 Å². The van der Waals surface area contributed by atoms with Crippen LogP contribution in [0.4, 0.5) is 0 Å². The molecule has 0 aliphatic carbocycles. The Kier molecular flexibility index (Phi) is 12.4. The van der Waals surface area contributed by atoms with E-state index in [1.807, 2.05) is 63.2 Å². The van der Waals surface area contributed by atoms with E-state index in [4.69, 9.17) is 4.74 Å². The van der Waals surface area contributed by atoms with Crippen molar-refractivity contribution in [2.75, 3.05) is 19.4 Å². The lowest BCUT2D eigenvalue weighted by atomic mass is 10.2. The molecule has 0 aliphatic rings. The van der Waals surface area contributed by atoms with Crippen LogP contribution in [0.5, 0.6) is 5.75 Å². The maximum Gasteiger partial charge on any atom is 0.208 e. The topological polar surface area (TPSA) is 55.4 Å². The molecule has 5 heteroatoms. The van der Waals surface area contributed by atoms with Crippen molar-refractivity contribution in [1.82, 2.24) is 4.72 Å². The molecule has 25 heavy (non-hydrogen) atoms. The number of nitrogens with one attached hydrogen (secondary N) is 1. The van der Waals surface area contributed by atoms with E-state index < -0.39 is 10.0 Å². The van der Waals surface area contributed by atoms with Gasteiger partial charge in [0.15, 0.2) is 0 Å². The molecule has 0 radical (unpaired) electrons. The van der Waals surface area contributed by atoms with Gasteiger partial charge in [0.25, 0.3) is 0 Å². The van der Waals surface area contributed by atoms with Gasteiger partial charge in [-0.25, -0.2) is 13.1 Å². The minimum Gasteiger partial charge on any atom is -0.494 e. The summed E-state index contributed by atoms with van der Waals surface area (Å²) in [5.41, 5.74) is 2.51. The van der Waals surface area contributed by atoms with Crippen molar-refractivity contribution in [3.05, 3.63) is 65.7 Å². The molecular weight excluding hydrogens is 334 g/mol. The lowest BCUT2D eigenvalue weighted by Gasteiger charge is -2.06. The molecule has 0 saturated carbocycles. The number of sulfonamides is 1. The molecule has 0 saturated heterocycles. The molecular formula is C20H31NO3S. The number of rotatable bonds is 6. The fraction of sp³-hybridized carbons (Fsp3) is 0.400. The molecule has 2 aromatic rings. The van der Waals surface area contributed by atoms with Gasteiger partial charge in [-0.2, -0.15) is 0 Å². The molecule has 4 nitrogen and oxygen atoms in total. The average molecular weight is 366 g/mol. The van der Waals surface area contributed by atoms with E-state index in [-0.39, 0.29) is 0 Å². The van der Waals surface area contributed by atoms with E-state index in [9.17, 15) is 8.42 Å². The summed E-state index contributed by atoms with van der Waals surface area (Å²) in [7, 11) is -3.08. The van der Waals surface area contributed by atoms with Crippen molar-refractivity contribution in [3.8, 4) is 5.75 Å². The van der Waals surface area contributed by atoms with E-state index in [2.05, 4.69) is 23.8 Å². The van der Waals surface area contributed by atoms with E-state index >= 15 is 0 Å². The summed E-state index contributed by atoms with van der Waals surface area (Å²) in [4.78, 5) is 0. The molecule has 0 heterocycles. The standard InChI is InChI=1S/C11H17NO3S.C7H8.C2H6/c1-10-4-6-11(7-5-10)15-9-3-8-12-16(2,13)14;1-7-5-3-2-4-6-7;1-2/h4-7,12H,3,8-9H2,1-2H3;2-6H,1H3;1-2H3.